The Balaban J connectivity index is 2.10. The zero-order chi connectivity index (χ0) is 15.0. The highest BCUT2D eigenvalue weighted by atomic mass is 16.4. The zero-order valence-corrected chi connectivity index (χ0v) is 12.4. The van der Waals surface area contributed by atoms with E-state index in [-0.39, 0.29) is 5.69 Å². The van der Waals surface area contributed by atoms with Crippen LogP contribution in [0.1, 0.15) is 30.8 Å². The molecule has 1 saturated heterocycles. The van der Waals surface area contributed by atoms with E-state index in [2.05, 4.69) is 23.7 Å². The molecule has 2 unspecified atom stereocenters. The van der Waals surface area contributed by atoms with Crippen molar-refractivity contribution in [3.63, 3.8) is 0 Å². The van der Waals surface area contributed by atoms with Crippen molar-refractivity contribution < 1.29 is 9.90 Å². The number of rotatable bonds is 2. The fourth-order valence-corrected chi connectivity index (χ4v) is 3.01. The second kappa shape index (κ2) is 5.35. The van der Waals surface area contributed by atoms with Crippen molar-refractivity contribution in [2.24, 2.45) is 11.8 Å². The Kier molecular flexibility index (Phi) is 3.53. The lowest BCUT2D eigenvalue weighted by molar-refractivity contribution is 0.0691. The number of anilines is 1. The van der Waals surface area contributed by atoms with E-state index >= 15 is 0 Å². The molecule has 1 aliphatic rings. The molecule has 1 aromatic heterocycles. The average molecular weight is 284 g/mol. The third kappa shape index (κ3) is 2.58. The highest BCUT2D eigenvalue weighted by molar-refractivity contribution is 5.97. The molecule has 0 aliphatic carbocycles. The molecule has 2 heterocycles. The number of hydrogen-bond donors (Lipinski definition) is 1. The van der Waals surface area contributed by atoms with Crippen LogP contribution in [0, 0.1) is 11.8 Å². The van der Waals surface area contributed by atoms with Gasteiger partial charge in [0.05, 0.1) is 5.52 Å². The Morgan fingerprint density at radius 2 is 2.05 bits per heavy atom. The maximum Gasteiger partial charge on any atom is 0.354 e. The number of para-hydroxylation sites is 1. The molecular weight excluding hydrogens is 264 g/mol. The quantitative estimate of drug-likeness (QED) is 0.918. The summed E-state index contributed by atoms with van der Waals surface area (Å²) in [5.74, 6) is 0.354. The summed E-state index contributed by atoms with van der Waals surface area (Å²) in [6, 6.07) is 9.48. The fourth-order valence-electron chi connectivity index (χ4n) is 3.01. The number of benzene rings is 1. The highest BCUT2D eigenvalue weighted by Crippen LogP contribution is 2.32. The fraction of sp³-hybridized carbons (Fsp3) is 0.412. The molecule has 0 amide bonds. The van der Waals surface area contributed by atoms with Gasteiger partial charge in [-0.2, -0.15) is 0 Å². The number of aromatic carboxylic acids is 1. The van der Waals surface area contributed by atoms with Gasteiger partial charge >= 0.3 is 5.97 Å². The topological polar surface area (TPSA) is 53.4 Å². The predicted octanol–water partition coefficient (Wildman–Crippen LogP) is 3.42. The van der Waals surface area contributed by atoms with Gasteiger partial charge in [0, 0.05) is 24.2 Å². The van der Waals surface area contributed by atoms with Crippen LogP contribution in [0.5, 0.6) is 0 Å². The Bertz CT molecular complexity index is 684. The Morgan fingerprint density at radius 1 is 1.29 bits per heavy atom. The Hall–Kier alpha value is -2.10. The first-order valence-corrected chi connectivity index (χ1v) is 7.44. The summed E-state index contributed by atoms with van der Waals surface area (Å²) in [5, 5.41) is 10.3. The summed E-state index contributed by atoms with van der Waals surface area (Å²) in [7, 11) is 0. The molecule has 21 heavy (non-hydrogen) atoms. The summed E-state index contributed by atoms with van der Waals surface area (Å²) in [6.07, 6.45) is 1.14. The van der Waals surface area contributed by atoms with E-state index in [1.54, 1.807) is 6.07 Å². The van der Waals surface area contributed by atoms with Crippen molar-refractivity contribution in [1.82, 2.24) is 4.98 Å². The molecule has 4 nitrogen and oxygen atoms in total. The maximum absolute atomic E-state index is 11.3. The number of carboxylic acids is 1. The summed E-state index contributed by atoms with van der Waals surface area (Å²) in [5.41, 5.74) is 1.87. The number of pyridine rings is 1. The molecule has 0 bridgehead atoms. The average Bonchev–Trinajstić information content (AvgIpc) is 2.49. The van der Waals surface area contributed by atoms with Gasteiger partial charge in [0.2, 0.25) is 0 Å². The second-order valence-corrected chi connectivity index (χ2v) is 6.04. The number of carboxylic acid groups (broad SMARTS) is 1. The number of piperidine rings is 1. The van der Waals surface area contributed by atoms with E-state index in [0.717, 1.165) is 36.1 Å². The molecule has 110 valence electrons. The van der Waals surface area contributed by atoms with Gasteiger partial charge in [-0.25, -0.2) is 9.78 Å². The van der Waals surface area contributed by atoms with E-state index in [9.17, 15) is 9.90 Å². The van der Waals surface area contributed by atoms with Crippen LogP contribution in [-0.4, -0.2) is 29.1 Å². The van der Waals surface area contributed by atoms with Gasteiger partial charge < -0.3 is 10.0 Å². The normalized spacial score (nSPS) is 22.5. The molecule has 0 radical (unpaired) electrons. The third-order valence-electron chi connectivity index (χ3n) is 4.59. The molecular formula is C17H20N2O2. The molecule has 1 aromatic carbocycles. The van der Waals surface area contributed by atoms with E-state index in [4.69, 9.17) is 0 Å². The van der Waals surface area contributed by atoms with Crippen molar-refractivity contribution in [3.05, 3.63) is 36.0 Å². The molecule has 2 atom stereocenters. The van der Waals surface area contributed by atoms with Gasteiger partial charge in [0.25, 0.3) is 0 Å². The van der Waals surface area contributed by atoms with Gasteiger partial charge in [-0.05, 0) is 30.4 Å². The first kappa shape index (κ1) is 13.9. The van der Waals surface area contributed by atoms with Crippen LogP contribution in [0.25, 0.3) is 10.9 Å². The summed E-state index contributed by atoms with van der Waals surface area (Å²) >= 11 is 0. The minimum Gasteiger partial charge on any atom is -0.477 e. The van der Waals surface area contributed by atoms with Crippen LogP contribution in [0.2, 0.25) is 0 Å². The first-order valence-electron chi connectivity index (χ1n) is 7.44. The largest absolute Gasteiger partial charge is 0.477 e. The molecule has 2 aromatic rings. The van der Waals surface area contributed by atoms with Crippen molar-refractivity contribution in [3.8, 4) is 0 Å². The van der Waals surface area contributed by atoms with Crippen LogP contribution < -0.4 is 4.90 Å². The number of fused-ring (bicyclic) bond motifs is 1. The van der Waals surface area contributed by atoms with Crippen molar-refractivity contribution >= 4 is 22.6 Å². The smallest absolute Gasteiger partial charge is 0.354 e. The summed E-state index contributed by atoms with van der Waals surface area (Å²) in [6.45, 7) is 6.49. The van der Waals surface area contributed by atoms with Crippen molar-refractivity contribution in [2.45, 2.75) is 20.3 Å². The van der Waals surface area contributed by atoms with Gasteiger partial charge in [-0.1, -0.05) is 32.0 Å². The van der Waals surface area contributed by atoms with Gasteiger partial charge in [0.1, 0.15) is 0 Å². The molecule has 1 fully saturated rings. The molecule has 1 N–H and O–H groups in total. The third-order valence-corrected chi connectivity index (χ3v) is 4.59. The summed E-state index contributed by atoms with van der Waals surface area (Å²) in [4.78, 5) is 17.9. The van der Waals surface area contributed by atoms with E-state index < -0.39 is 5.97 Å². The number of hydrogen-bond acceptors (Lipinski definition) is 3. The van der Waals surface area contributed by atoms with E-state index in [1.807, 2.05) is 24.3 Å². The van der Waals surface area contributed by atoms with Crippen molar-refractivity contribution in [1.29, 1.82) is 0 Å². The number of nitrogens with zero attached hydrogens (tertiary/aromatic N) is 2. The number of aromatic nitrogens is 1. The van der Waals surface area contributed by atoms with Crippen LogP contribution >= 0.6 is 0 Å². The standard InChI is InChI=1S/C17H20N2O2/c1-11-7-8-19(10-12(11)2)16-9-15(17(20)21)18-14-6-4-3-5-13(14)16/h3-6,9,11-12H,7-8,10H2,1-2H3,(H,20,21). The maximum atomic E-state index is 11.3. The minimum atomic E-state index is -0.972. The lowest BCUT2D eigenvalue weighted by Crippen LogP contribution is -2.38. The minimum absolute atomic E-state index is 0.120. The van der Waals surface area contributed by atoms with Crippen LogP contribution in [0.15, 0.2) is 30.3 Å². The molecule has 0 saturated carbocycles. The van der Waals surface area contributed by atoms with Gasteiger partial charge in [-0.3, -0.25) is 0 Å². The van der Waals surface area contributed by atoms with Crippen LogP contribution in [0.4, 0.5) is 5.69 Å². The highest BCUT2D eigenvalue weighted by Gasteiger charge is 2.24. The monoisotopic (exact) mass is 284 g/mol. The van der Waals surface area contributed by atoms with E-state index in [0.29, 0.717) is 11.8 Å². The first-order chi connectivity index (χ1) is 10.1. The second-order valence-electron chi connectivity index (χ2n) is 6.04. The lowest BCUT2D eigenvalue weighted by atomic mass is 9.88. The van der Waals surface area contributed by atoms with E-state index in [1.165, 1.54) is 0 Å². The SMILES string of the molecule is CC1CCN(c2cc(C(=O)O)nc3ccccc23)CC1C. The molecule has 4 heteroatoms. The van der Waals surface area contributed by atoms with Crippen LogP contribution in [0.3, 0.4) is 0 Å². The molecule has 0 spiro atoms. The van der Waals surface area contributed by atoms with Gasteiger partial charge in [0.15, 0.2) is 5.69 Å². The number of carbonyl (C=O) groups is 1. The summed E-state index contributed by atoms with van der Waals surface area (Å²) < 4.78 is 0. The van der Waals surface area contributed by atoms with Crippen LogP contribution in [-0.2, 0) is 0 Å². The molecule has 1 aliphatic heterocycles. The Labute approximate surface area is 124 Å². The lowest BCUT2D eigenvalue weighted by Gasteiger charge is -2.37. The molecule has 3 rings (SSSR count). The Morgan fingerprint density at radius 3 is 2.76 bits per heavy atom. The van der Waals surface area contributed by atoms with Gasteiger partial charge in [-0.15, -0.1) is 0 Å². The van der Waals surface area contributed by atoms with Crippen molar-refractivity contribution in [2.75, 3.05) is 18.0 Å². The predicted molar refractivity (Wildman–Crippen MR) is 83.9 cm³/mol. The zero-order valence-electron chi connectivity index (χ0n) is 12.4.